The lowest BCUT2D eigenvalue weighted by Gasteiger charge is -2.08. The van der Waals surface area contributed by atoms with E-state index in [1.807, 2.05) is 6.92 Å². The van der Waals surface area contributed by atoms with Gasteiger partial charge in [-0.1, -0.05) is 6.07 Å². The summed E-state index contributed by atoms with van der Waals surface area (Å²) in [4.78, 5) is 23.0. The van der Waals surface area contributed by atoms with Crippen molar-refractivity contribution in [1.82, 2.24) is 0 Å². The van der Waals surface area contributed by atoms with Crippen molar-refractivity contribution >= 4 is 23.3 Å². The van der Waals surface area contributed by atoms with E-state index in [0.29, 0.717) is 11.3 Å². The van der Waals surface area contributed by atoms with Crippen LogP contribution in [0.15, 0.2) is 36.4 Å². The zero-order valence-corrected chi connectivity index (χ0v) is 11.3. The first-order valence-corrected chi connectivity index (χ1v) is 6.12. The highest BCUT2D eigenvalue weighted by Gasteiger charge is 2.12. The summed E-state index contributed by atoms with van der Waals surface area (Å²) in [6, 6.07) is 8.71. The largest absolute Gasteiger partial charge is 0.507 e. The third-order valence-electron chi connectivity index (χ3n) is 3.03. The van der Waals surface area contributed by atoms with Crippen LogP contribution in [0.25, 0.3) is 0 Å². The lowest BCUT2D eigenvalue weighted by atomic mass is 10.1. The van der Waals surface area contributed by atoms with E-state index in [4.69, 9.17) is 10.8 Å². The van der Waals surface area contributed by atoms with E-state index >= 15 is 0 Å². The molecule has 21 heavy (non-hydrogen) atoms. The molecule has 0 aromatic heterocycles. The molecular weight excluding hydrogens is 272 g/mol. The fraction of sp³-hybridized carbons (Fsp3) is 0.0667. The predicted octanol–water partition coefficient (Wildman–Crippen LogP) is 2.23. The average Bonchev–Trinajstić information content (AvgIpc) is 2.43. The first-order valence-electron chi connectivity index (χ1n) is 6.12. The second kappa shape index (κ2) is 5.54. The van der Waals surface area contributed by atoms with Gasteiger partial charge in [-0.15, -0.1) is 0 Å². The minimum absolute atomic E-state index is 0.273. The number of nitrogens with one attached hydrogen (secondary N) is 1. The van der Waals surface area contributed by atoms with E-state index in [0.717, 1.165) is 5.56 Å². The van der Waals surface area contributed by atoms with Crippen molar-refractivity contribution in [2.75, 3.05) is 11.1 Å². The lowest BCUT2D eigenvalue weighted by molar-refractivity contribution is 0.0693. The maximum absolute atomic E-state index is 12.1. The summed E-state index contributed by atoms with van der Waals surface area (Å²) in [5.74, 6) is -2.05. The van der Waals surface area contributed by atoms with Crippen LogP contribution < -0.4 is 11.1 Å². The molecule has 6 nitrogen and oxygen atoms in total. The third kappa shape index (κ3) is 3.11. The van der Waals surface area contributed by atoms with Gasteiger partial charge in [0.05, 0.1) is 0 Å². The predicted molar refractivity (Wildman–Crippen MR) is 78.6 cm³/mol. The van der Waals surface area contributed by atoms with Gasteiger partial charge in [0.1, 0.15) is 11.3 Å². The summed E-state index contributed by atoms with van der Waals surface area (Å²) in [6.07, 6.45) is 0. The third-order valence-corrected chi connectivity index (χ3v) is 3.03. The molecule has 2 rings (SSSR count). The van der Waals surface area contributed by atoms with Gasteiger partial charge in [0.2, 0.25) is 0 Å². The van der Waals surface area contributed by atoms with E-state index in [-0.39, 0.29) is 17.0 Å². The molecule has 2 aromatic rings. The second-order valence-corrected chi connectivity index (χ2v) is 4.56. The molecule has 6 heteroatoms. The molecule has 0 heterocycles. The summed E-state index contributed by atoms with van der Waals surface area (Å²) in [5.41, 5.74) is 7.46. The van der Waals surface area contributed by atoms with E-state index in [9.17, 15) is 14.7 Å². The van der Waals surface area contributed by atoms with Gasteiger partial charge in [-0.3, -0.25) is 4.79 Å². The molecule has 0 radical (unpaired) electrons. The molecule has 0 fully saturated rings. The van der Waals surface area contributed by atoms with Gasteiger partial charge in [-0.2, -0.15) is 0 Å². The molecule has 2 aromatic carbocycles. The van der Waals surface area contributed by atoms with Gasteiger partial charge >= 0.3 is 5.97 Å². The number of benzene rings is 2. The number of nitrogen functional groups attached to an aromatic ring is 1. The quantitative estimate of drug-likeness (QED) is 0.510. The van der Waals surface area contributed by atoms with Gasteiger partial charge in [0, 0.05) is 16.9 Å². The van der Waals surface area contributed by atoms with Crippen LogP contribution in [0.1, 0.15) is 26.3 Å². The summed E-state index contributed by atoms with van der Waals surface area (Å²) in [6.45, 7) is 1.83. The van der Waals surface area contributed by atoms with Crippen LogP contribution in [0.3, 0.4) is 0 Å². The number of aryl methyl sites for hydroxylation is 1. The molecule has 0 unspecified atom stereocenters. The van der Waals surface area contributed by atoms with Crippen molar-refractivity contribution < 1.29 is 19.8 Å². The smallest absolute Gasteiger partial charge is 0.339 e. The number of phenols is 1. The van der Waals surface area contributed by atoms with Crippen molar-refractivity contribution in [2.45, 2.75) is 6.92 Å². The highest BCUT2D eigenvalue weighted by Crippen LogP contribution is 2.22. The summed E-state index contributed by atoms with van der Waals surface area (Å²) >= 11 is 0. The zero-order chi connectivity index (χ0) is 15.6. The van der Waals surface area contributed by atoms with Crippen LogP contribution >= 0.6 is 0 Å². The molecular formula is C15H14N2O4. The van der Waals surface area contributed by atoms with Gasteiger partial charge in [0.15, 0.2) is 0 Å². The van der Waals surface area contributed by atoms with E-state index in [2.05, 4.69) is 5.32 Å². The molecule has 0 saturated heterocycles. The van der Waals surface area contributed by atoms with Crippen LogP contribution in [-0.2, 0) is 0 Å². The number of aromatic hydroxyl groups is 1. The summed E-state index contributed by atoms with van der Waals surface area (Å²) in [5, 5.41) is 20.9. The van der Waals surface area contributed by atoms with Crippen molar-refractivity contribution in [3.63, 3.8) is 0 Å². The minimum Gasteiger partial charge on any atom is -0.507 e. The maximum atomic E-state index is 12.1. The highest BCUT2D eigenvalue weighted by atomic mass is 16.4. The van der Waals surface area contributed by atoms with E-state index < -0.39 is 11.9 Å². The van der Waals surface area contributed by atoms with Crippen LogP contribution in [-0.4, -0.2) is 22.1 Å². The minimum atomic E-state index is -1.27. The Morgan fingerprint density at radius 2 is 1.86 bits per heavy atom. The van der Waals surface area contributed by atoms with Gasteiger partial charge in [-0.05, 0) is 42.8 Å². The number of nitrogens with two attached hydrogens (primary N) is 1. The maximum Gasteiger partial charge on any atom is 0.339 e. The molecule has 0 aliphatic heterocycles. The van der Waals surface area contributed by atoms with Crippen molar-refractivity contribution in [3.8, 4) is 5.75 Å². The first kappa shape index (κ1) is 14.4. The molecule has 0 bridgehead atoms. The van der Waals surface area contributed by atoms with Crippen LogP contribution in [0.5, 0.6) is 5.75 Å². The Labute approximate surface area is 120 Å². The van der Waals surface area contributed by atoms with Gasteiger partial charge in [0.25, 0.3) is 5.91 Å². The molecule has 0 saturated carbocycles. The standard InChI is InChI=1S/C15H14N2O4/c1-8-2-3-9(6-12(8)16)14(19)17-10-4-5-13(18)11(7-10)15(20)21/h2-7,18H,16H2,1H3,(H,17,19)(H,20,21). The van der Waals surface area contributed by atoms with Crippen LogP contribution in [0, 0.1) is 6.92 Å². The Bertz CT molecular complexity index is 726. The SMILES string of the molecule is Cc1ccc(C(=O)Nc2ccc(O)c(C(=O)O)c2)cc1N. The Balaban J connectivity index is 2.25. The van der Waals surface area contributed by atoms with Crippen molar-refractivity contribution in [2.24, 2.45) is 0 Å². The molecule has 0 aliphatic rings. The van der Waals surface area contributed by atoms with Gasteiger partial charge in [-0.25, -0.2) is 4.79 Å². The number of carbonyl (C=O) groups excluding carboxylic acids is 1. The first-order chi connectivity index (χ1) is 9.88. The zero-order valence-electron chi connectivity index (χ0n) is 11.3. The molecule has 0 spiro atoms. The van der Waals surface area contributed by atoms with E-state index in [1.165, 1.54) is 18.2 Å². The molecule has 108 valence electrons. The normalized spacial score (nSPS) is 10.1. The van der Waals surface area contributed by atoms with Crippen molar-refractivity contribution in [3.05, 3.63) is 53.1 Å². The summed E-state index contributed by atoms with van der Waals surface area (Å²) < 4.78 is 0. The number of hydrogen-bond acceptors (Lipinski definition) is 4. The second-order valence-electron chi connectivity index (χ2n) is 4.56. The fourth-order valence-corrected chi connectivity index (χ4v) is 1.77. The van der Waals surface area contributed by atoms with Gasteiger partial charge < -0.3 is 21.3 Å². The van der Waals surface area contributed by atoms with Crippen LogP contribution in [0.4, 0.5) is 11.4 Å². The van der Waals surface area contributed by atoms with E-state index in [1.54, 1.807) is 18.2 Å². The van der Waals surface area contributed by atoms with Crippen LogP contribution in [0.2, 0.25) is 0 Å². The number of amides is 1. The lowest BCUT2D eigenvalue weighted by Crippen LogP contribution is -2.13. The monoisotopic (exact) mass is 286 g/mol. The molecule has 1 amide bonds. The fourth-order valence-electron chi connectivity index (χ4n) is 1.77. The Morgan fingerprint density at radius 1 is 1.14 bits per heavy atom. The Kier molecular flexibility index (Phi) is 3.80. The number of carboxylic acids is 1. The topological polar surface area (TPSA) is 113 Å². The Morgan fingerprint density at radius 3 is 2.48 bits per heavy atom. The number of anilines is 2. The number of hydrogen-bond donors (Lipinski definition) is 4. The number of carbonyl (C=O) groups is 2. The molecule has 0 aliphatic carbocycles. The number of carboxylic acid groups (broad SMARTS) is 1. The summed E-state index contributed by atoms with van der Waals surface area (Å²) in [7, 11) is 0. The number of rotatable bonds is 3. The Hall–Kier alpha value is -3.02. The number of aromatic carboxylic acids is 1. The van der Waals surface area contributed by atoms with Crippen molar-refractivity contribution in [1.29, 1.82) is 0 Å². The average molecular weight is 286 g/mol. The molecule has 0 atom stereocenters. The molecule has 5 N–H and O–H groups in total. The highest BCUT2D eigenvalue weighted by molar-refractivity contribution is 6.05.